The van der Waals surface area contributed by atoms with E-state index in [1.54, 1.807) is 0 Å². The summed E-state index contributed by atoms with van der Waals surface area (Å²) in [5, 5.41) is 0. The molecule has 0 saturated heterocycles. The summed E-state index contributed by atoms with van der Waals surface area (Å²) in [7, 11) is 2.18. The van der Waals surface area contributed by atoms with Crippen LogP contribution in [0.1, 0.15) is 22.4 Å². The molecule has 1 nitrogen and oxygen atoms in total. The van der Waals surface area contributed by atoms with Crippen molar-refractivity contribution in [1.82, 2.24) is 0 Å². The van der Waals surface area contributed by atoms with Crippen molar-refractivity contribution in [2.24, 2.45) is 7.05 Å². The fourth-order valence-corrected chi connectivity index (χ4v) is 2.95. The maximum absolute atomic E-state index is 2.33. The number of benzene rings is 1. The highest BCUT2D eigenvalue weighted by Gasteiger charge is 2.26. The van der Waals surface area contributed by atoms with Gasteiger partial charge < -0.3 is 0 Å². The fourth-order valence-electron chi connectivity index (χ4n) is 2.95. The van der Waals surface area contributed by atoms with Gasteiger partial charge in [-0.15, -0.1) is 0 Å². The smallest absolute Gasteiger partial charge is 0.198 e. The normalized spacial score (nSPS) is 13.1. The second-order valence-electron chi connectivity index (χ2n) is 5.01. The summed E-state index contributed by atoms with van der Waals surface area (Å²) in [6, 6.07) is 11.1. The van der Waals surface area contributed by atoms with Crippen molar-refractivity contribution in [2.75, 3.05) is 0 Å². The average Bonchev–Trinajstić information content (AvgIpc) is 2.35. The second-order valence-corrected chi connectivity index (χ2v) is 5.01. The number of rotatable bonds is 0. The van der Waals surface area contributed by atoms with E-state index in [9.17, 15) is 0 Å². The van der Waals surface area contributed by atoms with E-state index in [0.29, 0.717) is 0 Å². The zero-order chi connectivity index (χ0) is 12.0. The number of aryl methyl sites for hydroxylation is 3. The van der Waals surface area contributed by atoms with E-state index in [0.717, 1.165) is 0 Å². The number of pyridine rings is 1. The maximum atomic E-state index is 2.33. The monoisotopic (exact) mass is 224 g/mol. The molecule has 0 radical (unpaired) electrons. The Morgan fingerprint density at radius 2 is 1.82 bits per heavy atom. The van der Waals surface area contributed by atoms with Crippen molar-refractivity contribution in [2.45, 2.75) is 26.7 Å². The van der Waals surface area contributed by atoms with Gasteiger partial charge in [0, 0.05) is 24.1 Å². The van der Waals surface area contributed by atoms with Crippen LogP contribution in [0.5, 0.6) is 0 Å². The van der Waals surface area contributed by atoms with E-state index >= 15 is 0 Å². The van der Waals surface area contributed by atoms with Crippen molar-refractivity contribution in [1.29, 1.82) is 0 Å². The minimum absolute atomic E-state index is 1.17. The van der Waals surface area contributed by atoms with Crippen LogP contribution in [0.2, 0.25) is 0 Å². The molecular weight excluding hydrogens is 206 g/mol. The van der Waals surface area contributed by atoms with Crippen molar-refractivity contribution >= 4 is 0 Å². The van der Waals surface area contributed by atoms with Crippen LogP contribution in [0.3, 0.4) is 0 Å². The van der Waals surface area contributed by atoms with Crippen LogP contribution < -0.4 is 4.57 Å². The summed E-state index contributed by atoms with van der Waals surface area (Å²) < 4.78 is 2.33. The van der Waals surface area contributed by atoms with Crippen molar-refractivity contribution in [3.63, 3.8) is 0 Å². The van der Waals surface area contributed by atoms with Gasteiger partial charge in [0.05, 0.1) is 0 Å². The van der Waals surface area contributed by atoms with E-state index in [1.807, 2.05) is 0 Å². The molecule has 3 rings (SSSR count). The van der Waals surface area contributed by atoms with Crippen molar-refractivity contribution in [3.8, 4) is 11.3 Å². The zero-order valence-electron chi connectivity index (χ0n) is 10.7. The molecule has 0 fully saturated rings. The molecule has 2 aromatic rings. The largest absolute Gasteiger partial charge is 0.216 e. The lowest BCUT2D eigenvalue weighted by Gasteiger charge is -2.19. The van der Waals surface area contributed by atoms with Crippen LogP contribution in [-0.2, 0) is 19.9 Å². The number of hydrogen-bond acceptors (Lipinski definition) is 0. The van der Waals surface area contributed by atoms with Crippen LogP contribution in [0, 0.1) is 13.8 Å². The second kappa shape index (κ2) is 3.69. The van der Waals surface area contributed by atoms with E-state index in [1.165, 1.54) is 46.5 Å². The zero-order valence-corrected chi connectivity index (χ0v) is 10.7. The molecule has 0 saturated carbocycles. The Morgan fingerprint density at radius 3 is 2.65 bits per heavy atom. The van der Waals surface area contributed by atoms with E-state index in [-0.39, 0.29) is 0 Å². The number of hydrogen-bond donors (Lipinski definition) is 0. The maximum Gasteiger partial charge on any atom is 0.216 e. The van der Waals surface area contributed by atoms with Crippen LogP contribution in [0.4, 0.5) is 0 Å². The van der Waals surface area contributed by atoms with E-state index < -0.39 is 0 Å². The summed E-state index contributed by atoms with van der Waals surface area (Å²) in [6.07, 6.45) is 2.35. The fraction of sp³-hybridized carbons (Fsp3) is 0.312. The molecule has 1 heterocycles. The first kappa shape index (κ1) is 10.5. The lowest BCUT2D eigenvalue weighted by Crippen LogP contribution is -2.37. The number of nitrogens with zero attached hydrogens (tertiary/aromatic N) is 1. The highest BCUT2D eigenvalue weighted by molar-refractivity contribution is 5.68. The van der Waals surface area contributed by atoms with Gasteiger partial charge in [-0.1, -0.05) is 18.2 Å². The molecule has 1 aromatic carbocycles. The molecule has 0 amide bonds. The van der Waals surface area contributed by atoms with Gasteiger partial charge in [0.15, 0.2) is 5.69 Å². The highest BCUT2D eigenvalue weighted by Crippen LogP contribution is 2.32. The van der Waals surface area contributed by atoms with Crippen LogP contribution >= 0.6 is 0 Å². The predicted octanol–water partition coefficient (Wildman–Crippen LogP) is 2.89. The minimum atomic E-state index is 1.17. The summed E-state index contributed by atoms with van der Waals surface area (Å²) in [5.74, 6) is 0. The number of aromatic nitrogens is 1. The molecule has 1 aliphatic rings. The van der Waals surface area contributed by atoms with Crippen LogP contribution in [-0.4, -0.2) is 0 Å². The van der Waals surface area contributed by atoms with Gasteiger partial charge in [0.1, 0.15) is 7.05 Å². The van der Waals surface area contributed by atoms with E-state index in [2.05, 4.69) is 55.8 Å². The molecular formula is C16H18N+. The van der Waals surface area contributed by atoms with Gasteiger partial charge >= 0.3 is 0 Å². The van der Waals surface area contributed by atoms with Gasteiger partial charge in [-0.3, -0.25) is 0 Å². The summed E-state index contributed by atoms with van der Waals surface area (Å²) in [5.41, 5.74) is 8.62. The summed E-state index contributed by atoms with van der Waals surface area (Å²) >= 11 is 0. The molecule has 0 N–H and O–H groups in total. The Balaban J connectivity index is 2.38. The van der Waals surface area contributed by atoms with E-state index in [4.69, 9.17) is 0 Å². The Bertz CT molecular complexity index is 597. The van der Waals surface area contributed by atoms with Crippen LogP contribution in [0.15, 0.2) is 30.3 Å². The van der Waals surface area contributed by atoms with Crippen LogP contribution in [0.25, 0.3) is 11.3 Å². The SMILES string of the molecule is Cc1cc(C)[n+](C)c2c1CCc1ccccc1-2. The highest BCUT2D eigenvalue weighted by atomic mass is 14.9. The molecule has 1 heteroatoms. The van der Waals surface area contributed by atoms with Gasteiger partial charge in [0.2, 0.25) is 5.69 Å². The Morgan fingerprint density at radius 1 is 1.06 bits per heavy atom. The topological polar surface area (TPSA) is 3.88 Å². The van der Waals surface area contributed by atoms with Gasteiger partial charge in [-0.25, -0.2) is 0 Å². The number of fused-ring (bicyclic) bond motifs is 3. The molecule has 0 atom stereocenters. The Labute approximate surface area is 103 Å². The lowest BCUT2D eigenvalue weighted by molar-refractivity contribution is -0.667. The minimum Gasteiger partial charge on any atom is -0.198 e. The average molecular weight is 224 g/mol. The third-order valence-electron chi connectivity index (χ3n) is 3.97. The third-order valence-corrected chi connectivity index (χ3v) is 3.97. The van der Waals surface area contributed by atoms with Crippen molar-refractivity contribution < 1.29 is 4.57 Å². The lowest BCUT2D eigenvalue weighted by atomic mass is 9.86. The molecule has 1 aliphatic carbocycles. The third kappa shape index (κ3) is 1.49. The predicted molar refractivity (Wildman–Crippen MR) is 69.9 cm³/mol. The molecule has 0 aliphatic heterocycles. The van der Waals surface area contributed by atoms with Gasteiger partial charge in [-0.05, 0) is 37.0 Å². The Hall–Kier alpha value is -1.63. The van der Waals surface area contributed by atoms with Gasteiger partial charge in [0.25, 0.3) is 0 Å². The molecule has 86 valence electrons. The molecule has 0 unspecified atom stereocenters. The molecule has 0 bridgehead atoms. The first-order valence-electron chi connectivity index (χ1n) is 6.26. The standard InChI is InChI=1S/C16H18N/c1-11-10-12(2)17(3)16-14(11)9-8-13-6-4-5-7-15(13)16/h4-7,10H,8-9H2,1-3H3/q+1. The quantitative estimate of drug-likeness (QED) is 0.606. The first-order valence-corrected chi connectivity index (χ1v) is 6.26. The van der Waals surface area contributed by atoms with Gasteiger partial charge in [-0.2, -0.15) is 4.57 Å². The first-order chi connectivity index (χ1) is 8.18. The van der Waals surface area contributed by atoms with Crippen molar-refractivity contribution in [3.05, 3.63) is 52.7 Å². The summed E-state index contributed by atoms with van der Waals surface area (Å²) in [6.45, 7) is 4.42. The summed E-state index contributed by atoms with van der Waals surface area (Å²) in [4.78, 5) is 0. The molecule has 17 heavy (non-hydrogen) atoms. The Kier molecular flexibility index (Phi) is 2.29. The molecule has 0 spiro atoms. The molecule has 1 aromatic heterocycles.